The van der Waals surface area contributed by atoms with E-state index in [-0.39, 0.29) is 18.2 Å². The van der Waals surface area contributed by atoms with Crippen molar-refractivity contribution in [2.24, 2.45) is 0 Å². The zero-order valence-electron chi connectivity index (χ0n) is 17.7. The van der Waals surface area contributed by atoms with Crippen LogP contribution in [-0.4, -0.2) is 21.7 Å². The molecule has 0 aliphatic carbocycles. The Hall–Kier alpha value is -3.78. The highest BCUT2D eigenvalue weighted by atomic mass is 32.2. The fourth-order valence-electron chi connectivity index (χ4n) is 3.17. The molecular weight excluding hydrogens is 424 g/mol. The lowest BCUT2D eigenvalue weighted by Crippen LogP contribution is -2.19. The molecule has 0 fully saturated rings. The zero-order chi connectivity index (χ0) is 22.5. The molecule has 162 valence electrons. The van der Waals surface area contributed by atoms with Gasteiger partial charge in [0.15, 0.2) is 0 Å². The first kappa shape index (κ1) is 21.5. The van der Waals surface area contributed by atoms with Crippen LogP contribution in [0.4, 0.5) is 16.2 Å². The Labute approximate surface area is 189 Å². The van der Waals surface area contributed by atoms with Crippen LogP contribution in [0.15, 0.2) is 82.6 Å². The highest BCUT2D eigenvalue weighted by molar-refractivity contribution is 7.98. The summed E-state index contributed by atoms with van der Waals surface area (Å²) in [5.74, 6) is 0.607. The van der Waals surface area contributed by atoms with Crippen LogP contribution in [0.25, 0.3) is 5.65 Å². The average Bonchev–Trinajstić information content (AvgIpc) is 2.79. The minimum absolute atomic E-state index is 0.147. The lowest BCUT2D eigenvalue weighted by molar-refractivity contribution is 0.262. The lowest BCUT2D eigenvalue weighted by Gasteiger charge is -2.10. The smallest absolute Gasteiger partial charge is 0.323 e. The Balaban J connectivity index is 1.37. The van der Waals surface area contributed by atoms with Crippen LogP contribution in [0.5, 0.6) is 5.75 Å². The van der Waals surface area contributed by atoms with Gasteiger partial charge in [-0.1, -0.05) is 12.1 Å². The van der Waals surface area contributed by atoms with Crippen LogP contribution >= 0.6 is 11.8 Å². The van der Waals surface area contributed by atoms with E-state index in [0.29, 0.717) is 22.8 Å². The monoisotopic (exact) mass is 446 g/mol. The number of rotatable bonds is 6. The van der Waals surface area contributed by atoms with Gasteiger partial charge in [-0.3, -0.25) is 9.20 Å². The van der Waals surface area contributed by atoms with Crippen molar-refractivity contribution in [2.75, 3.05) is 16.9 Å². The topological polar surface area (TPSA) is 84.7 Å². The zero-order valence-corrected chi connectivity index (χ0v) is 18.5. The van der Waals surface area contributed by atoms with Crippen molar-refractivity contribution in [1.82, 2.24) is 9.38 Å². The predicted molar refractivity (Wildman–Crippen MR) is 128 cm³/mol. The summed E-state index contributed by atoms with van der Waals surface area (Å²) in [5.41, 5.74) is 3.30. The molecule has 2 amide bonds. The minimum Gasteiger partial charge on any atom is -0.487 e. The molecule has 4 rings (SSSR count). The number of hydrogen-bond donors (Lipinski definition) is 2. The van der Waals surface area contributed by atoms with Gasteiger partial charge >= 0.3 is 6.03 Å². The molecule has 2 heterocycles. The average molecular weight is 447 g/mol. The number of carbonyl (C=O) groups excluding carboxylic acids is 1. The van der Waals surface area contributed by atoms with E-state index in [9.17, 15) is 9.59 Å². The van der Waals surface area contributed by atoms with Crippen molar-refractivity contribution in [3.63, 3.8) is 0 Å². The number of nitrogens with zero attached hydrogens (tertiary/aromatic N) is 2. The predicted octanol–water partition coefficient (Wildman–Crippen LogP) is 4.95. The third kappa shape index (κ3) is 5.09. The third-order valence-electron chi connectivity index (χ3n) is 4.77. The van der Waals surface area contributed by atoms with Crippen molar-refractivity contribution in [3.05, 3.63) is 94.5 Å². The first-order valence-corrected chi connectivity index (χ1v) is 11.2. The molecule has 0 unspecified atom stereocenters. The number of aromatic nitrogens is 2. The molecule has 2 N–H and O–H groups in total. The molecule has 2 aromatic heterocycles. The van der Waals surface area contributed by atoms with Gasteiger partial charge in [0.1, 0.15) is 18.0 Å². The summed E-state index contributed by atoms with van der Waals surface area (Å²) in [7, 11) is 0. The van der Waals surface area contributed by atoms with Gasteiger partial charge in [0.2, 0.25) is 0 Å². The summed E-state index contributed by atoms with van der Waals surface area (Å²) in [5, 5.41) is 5.61. The maximum absolute atomic E-state index is 12.3. The number of amides is 2. The Morgan fingerprint density at radius 1 is 1.03 bits per heavy atom. The first-order valence-electron chi connectivity index (χ1n) is 9.95. The van der Waals surface area contributed by atoms with E-state index in [1.54, 1.807) is 42.2 Å². The summed E-state index contributed by atoms with van der Waals surface area (Å²) in [6.07, 6.45) is 3.68. The van der Waals surface area contributed by atoms with E-state index in [1.807, 2.05) is 49.6 Å². The van der Waals surface area contributed by atoms with Crippen molar-refractivity contribution < 1.29 is 9.53 Å². The van der Waals surface area contributed by atoms with Crippen LogP contribution < -0.4 is 20.9 Å². The number of benzene rings is 2. The standard InChI is InChI=1S/C24H22N4O3S/c1-16-5-4-12-28-22(29)14-19(25-23(16)28)15-31-20-10-8-17(9-11-20)26-24(30)27-18-6-3-7-21(13-18)32-2/h3-14H,15H2,1-2H3,(H2,26,27,30). The number of fused-ring (bicyclic) bond motifs is 1. The number of nitrogens with one attached hydrogen (secondary N) is 2. The molecule has 0 saturated carbocycles. The van der Waals surface area contributed by atoms with Crippen LogP contribution in [0.1, 0.15) is 11.3 Å². The minimum atomic E-state index is -0.326. The van der Waals surface area contributed by atoms with Gasteiger partial charge in [-0.05, 0) is 67.3 Å². The molecule has 7 nitrogen and oxygen atoms in total. The Bertz CT molecular complexity index is 1320. The molecule has 32 heavy (non-hydrogen) atoms. The van der Waals surface area contributed by atoms with Crippen molar-refractivity contribution in [1.29, 1.82) is 0 Å². The Morgan fingerprint density at radius 2 is 1.81 bits per heavy atom. The van der Waals surface area contributed by atoms with E-state index in [2.05, 4.69) is 15.6 Å². The second-order valence-corrected chi connectivity index (χ2v) is 7.97. The van der Waals surface area contributed by atoms with Gasteiger partial charge < -0.3 is 15.4 Å². The van der Waals surface area contributed by atoms with Crippen molar-refractivity contribution in [3.8, 4) is 5.75 Å². The molecule has 0 aliphatic rings. The lowest BCUT2D eigenvalue weighted by atomic mass is 10.3. The third-order valence-corrected chi connectivity index (χ3v) is 5.49. The maximum Gasteiger partial charge on any atom is 0.323 e. The number of aryl methyl sites for hydroxylation is 1. The number of thioether (sulfide) groups is 1. The molecule has 0 spiro atoms. The highest BCUT2D eigenvalue weighted by Crippen LogP contribution is 2.20. The number of carbonyl (C=O) groups is 1. The van der Waals surface area contributed by atoms with E-state index >= 15 is 0 Å². The van der Waals surface area contributed by atoms with Gasteiger partial charge in [0.25, 0.3) is 5.56 Å². The van der Waals surface area contributed by atoms with Gasteiger partial charge in [-0.2, -0.15) is 0 Å². The fourth-order valence-corrected chi connectivity index (χ4v) is 3.63. The van der Waals surface area contributed by atoms with Crippen LogP contribution in [0, 0.1) is 6.92 Å². The molecule has 2 aromatic carbocycles. The van der Waals surface area contributed by atoms with Crippen LogP contribution in [-0.2, 0) is 6.61 Å². The molecule has 0 saturated heterocycles. The molecule has 0 aliphatic heterocycles. The second kappa shape index (κ2) is 9.57. The SMILES string of the molecule is CSc1cccc(NC(=O)Nc2ccc(OCc3cc(=O)n4cccc(C)c4n3)cc2)c1. The van der Waals surface area contributed by atoms with Gasteiger partial charge in [0.05, 0.1) is 5.69 Å². The largest absolute Gasteiger partial charge is 0.487 e. The Morgan fingerprint density at radius 3 is 2.59 bits per heavy atom. The highest BCUT2D eigenvalue weighted by Gasteiger charge is 2.07. The summed E-state index contributed by atoms with van der Waals surface area (Å²) in [4.78, 5) is 30.1. The first-order chi connectivity index (χ1) is 15.5. The maximum atomic E-state index is 12.3. The van der Waals surface area contributed by atoms with E-state index < -0.39 is 0 Å². The molecule has 0 bridgehead atoms. The number of anilines is 2. The summed E-state index contributed by atoms with van der Waals surface area (Å²) in [6.45, 7) is 2.08. The summed E-state index contributed by atoms with van der Waals surface area (Å²) >= 11 is 1.61. The fraction of sp³-hybridized carbons (Fsp3) is 0.125. The second-order valence-electron chi connectivity index (χ2n) is 7.09. The van der Waals surface area contributed by atoms with Crippen LogP contribution in [0.2, 0.25) is 0 Å². The van der Waals surface area contributed by atoms with E-state index in [4.69, 9.17) is 4.74 Å². The summed E-state index contributed by atoms with van der Waals surface area (Å²) in [6, 6.07) is 19.5. The number of hydrogen-bond acceptors (Lipinski definition) is 5. The molecular formula is C24H22N4O3S. The van der Waals surface area contributed by atoms with E-state index in [1.165, 1.54) is 10.5 Å². The van der Waals surface area contributed by atoms with Gasteiger partial charge in [-0.15, -0.1) is 11.8 Å². The molecule has 8 heteroatoms. The Kier molecular flexibility index (Phi) is 6.42. The molecule has 0 radical (unpaired) electrons. The quantitative estimate of drug-likeness (QED) is 0.410. The van der Waals surface area contributed by atoms with Gasteiger partial charge in [0, 0.05) is 28.5 Å². The molecule has 0 atom stereocenters. The van der Waals surface area contributed by atoms with Gasteiger partial charge in [-0.25, -0.2) is 9.78 Å². The van der Waals surface area contributed by atoms with Crippen LogP contribution in [0.3, 0.4) is 0 Å². The van der Waals surface area contributed by atoms with Crippen molar-refractivity contribution in [2.45, 2.75) is 18.4 Å². The number of urea groups is 1. The number of ether oxygens (including phenoxy) is 1. The number of pyridine rings is 1. The normalized spacial score (nSPS) is 10.7. The van der Waals surface area contributed by atoms with Crippen molar-refractivity contribution >= 4 is 34.8 Å². The summed E-state index contributed by atoms with van der Waals surface area (Å²) < 4.78 is 7.29. The molecule has 4 aromatic rings. The van der Waals surface area contributed by atoms with E-state index in [0.717, 1.165) is 16.1 Å².